The van der Waals surface area contributed by atoms with Crippen molar-refractivity contribution in [3.63, 3.8) is 0 Å². The van der Waals surface area contributed by atoms with Crippen LogP contribution >= 0.6 is 0 Å². The van der Waals surface area contributed by atoms with Gasteiger partial charge >= 0.3 is 0 Å². The van der Waals surface area contributed by atoms with Crippen LogP contribution in [-0.4, -0.2) is 36.2 Å². The second kappa shape index (κ2) is 4.67. The van der Waals surface area contributed by atoms with Crippen LogP contribution in [0.15, 0.2) is 48.0 Å². The Bertz CT molecular complexity index is 1090. The number of hydrogen-bond donors (Lipinski definition) is 3. The molecule has 0 amide bonds. The van der Waals surface area contributed by atoms with E-state index in [9.17, 15) is 15.0 Å². The number of anilines is 1. The van der Waals surface area contributed by atoms with Crippen molar-refractivity contribution < 1.29 is 15.0 Å². The normalized spacial score (nSPS) is 17.8. The summed E-state index contributed by atoms with van der Waals surface area (Å²) >= 11 is 0. The minimum Gasteiger partial charge on any atom is -0.504 e. The van der Waals surface area contributed by atoms with Gasteiger partial charge in [0.05, 0.1) is 11.3 Å². The molecule has 0 radical (unpaired) electrons. The number of allylic oxidation sites excluding steroid dienone is 1. The predicted octanol–water partition coefficient (Wildman–Crippen LogP) is 1.71. The van der Waals surface area contributed by atoms with Gasteiger partial charge in [0.15, 0.2) is 17.3 Å². The van der Waals surface area contributed by atoms with E-state index in [1.807, 2.05) is 18.2 Å². The highest BCUT2D eigenvalue weighted by atomic mass is 16.3. The summed E-state index contributed by atoms with van der Waals surface area (Å²) in [6.45, 7) is 0. The monoisotopic (exact) mass is 333 g/mol. The summed E-state index contributed by atoms with van der Waals surface area (Å²) < 4.78 is 1.49. The zero-order valence-corrected chi connectivity index (χ0v) is 12.7. The van der Waals surface area contributed by atoms with E-state index < -0.39 is 6.04 Å². The fourth-order valence-electron chi connectivity index (χ4n) is 3.40. The van der Waals surface area contributed by atoms with E-state index in [0.717, 1.165) is 5.56 Å². The van der Waals surface area contributed by atoms with Gasteiger partial charge in [-0.25, -0.2) is 0 Å². The van der Waals surface area contributed by atoms with Crippen LogP contribution in [0, 0.1) is 0 Å². The molecule has 1 aliphatic heterocycles. The molecule has 1 atom stereocenters. The Kier molecular flexibility index (Phi) is 2.56. The molecule has 122 valence electrons. The summed E-state index contributed by atoms with van der Waals surface area (Å²) in [6, 6.07) is 11.1. The molecule has 0 saturated carbocycles. The van der Waals surface area contributed by atoms with E-state index in [2.05, 4.69) is 20.8 Å². The van der Waals surface area contributed by atoms with Gasteiger partial charge in [0.2, 0.25) is 5.95 Å². The number of nitrogens with one attached hydrogen (secondary N) is 1. The Morgan fingerprint density at radius 2 is 1.84 bits per heavy atom. The molecule has 0 bridgehead atoms. The number of phenolic OH excluding ortho intramolecular Hbond substituents is 2. The van der Waals surface area contributed by atoms with Crippen LogP contribution < -0.4 is 5.32 Å². The number of aromatic hydroxyl groups is 2. The Labute approximate surface area is 141 Å². The first-order valence-corrected chi connectivity index (χ1v) is 7.60. The lowest BCUT2D eigenvalue weighted by Crippen LogP contribution is -2.25. The Morgan fingerprint density at radius 3 is 2.64 bits per heavy atom. The molecule has 0 fully saturated rings. The SMILES string of the molecule is O=C1C2=C(Nc3nnnn3[C@@H]2c2ccc(O)c(O)c2)c2ccccc21. The molecule has 0 unspecified atom stereocenters. The molecular formula is C17H11N5O3. The number of phenols is 2. The molecule has 0 saturated heterocycles. The fourth-order valence-corrected chi connectivity index (χ4v) is 3.40. The molecule has 2 heterocycles. The second-order valence-corrected chi connectivity index (χ2v) is 5.89. The molecular weight excluding hydrogens is 322 g/mol. The summed E-state index contributed by atoms with van der Waals surface area (Å²) in [6.07, 6.45) is 0. The van der Waals surface area contributed by atoms with Crippen LogP contribution in [0.5, 0.6) is 11.5 Å². The number of tetrazole rings is 1. The zero-order chi connectivity index (χ0) is 17.1. The molecule has 1 aliphatic carbocycles. The summed E-state index contributed by atoms with van der Waals surface area (Å²) in [5.74, 6) is -0.210. The maximum atomic E-state index is 13.0. The standard InChI is InChI=1S/C17H11N5O3/c23-11-6-5-8(7-12(11)24)15-13-14(18-17-19-20-21-22(15)17)9-3-1-2-4-10(9)16(13)25/h1-7,15,23-24H,(H,18,19,21)/t15-/m1/s1. The molecule has 25 heavy (non-hydrogen) atoms. The number of aromatic nitrogens is 4. The predicted molar refractivity (Wildman–Crippen MR) is 87.0 cm³/mol. The van der Waals surface area contributed by atoms with Crippen LogP contribution in [0.3, 0.4) is 0 Å². The first kappa shape index (κ1) is 13.7. The lowest BCUT2D eigenvalue weighted by Gasteiger charge is -2.25. The van der Waals surface area contributed by atoms with Crippen LogP contribution in [0.1, 0.15) is 27.5 Å². The van der Waals surface area contributed by atoms with E-state index in [-0.39, 0.29) is 17.3 Å². The Hall–Kier alpha value is -3.68. The van der Waals surface area contributed by atoms with Crippen LogP contribution in [0.4, 0.5) is 5.95 Å². The Balaban J connectivity index is 1.77. The molecule has 2 aromatic carbocycles. The molecule has 8 heteroatoms. The lowest BCUT2D eigenvalue weighted by molar-refractivity contribution is 0.102. The molecule has 2 aliphatic rings. The van der Waals surface area contributed by atoms with Crippen molar-refractivity contribution in [1.29, 1.82) is 0 Å². The van der Waals surface area contributed by atoms with Gasteiger partial charge in [-0.05, 0) is 28.1 Å². The van der Waals surface area contributed by atoms with Gasteiger partial charge < -0.3 is 15.5 Å². The van der Waals surface area contributed by atoms with E-state index in [0.29, 0.717) is 28.3 Å². The summed E-state index contributed by atoms with van der Waals surface area (Å²) in [5, 5.41) is 34.2. The van der Waals surface area contributed by atoms with Gasteiger partial charge in [0.1, 0.15) is 6.04 Å². The van der Waals surface area contributed by atoms with Crippen molar-refractivity contribution in [2.24, 2.45) is 0 Å². The number of rotatable bonds is 1. The molecule has 0 spiro atoms. The largest absolute Gasteiger partial charge is 0.504 e. The number of carbonyl (C=O) groups is 1. The van der Waals surface area contributed by atoms with Crippen molar-refractivity contribution in [3.8, 4) is 11.5 Å². The van der Waals surface area contributed by atoms with Crippen molar-refractivity contribution in [1.82, 2.24) is 20.2 Å². The quantitative estimate of drug-likeness (QED) is 0.581. The number of Topliss-reactive ketones (excluding diaryl/α,β-unsaturated/α-hetero) is 1. The average molecular weight is 333 g/mol. The number of nitrogens with zero attached hydrogens (tertiary/aromatic N) is 4. The number of fused-ring (bicyclic) bond motifs is 3. The summed E-state index contributed by atoms with van der Waals surface area (Å²) in [5.41, 5.74) is 3.17. The molecule has 1 aromatic heterocycles. The first-order valence-electron chi connectivity index (χ1n) is 7.60. The van der Waals surface area contributed by atoms with Gasteiger partial charge in [-0.15, -0.1) is 0 Å². The molecule has 8 nitrogen and oxygen atoms in total. The van der Waals surface area contributed by atoms with Gasteiger partial charge in [-0.3, -0.25) is 4.79 Å². The average Bonchev–Trinajstić information content (AvgIpc) is 3.20. The smallest absolute Gasteiger partial charge is 0.248 e. The number of ketones is 1. The maximum Gasteiger partial charge on any atom is 0.248 e. The van der Waals surface area contributed by atoms with E-state index in [1.165, 1.54) is 16.8 Å². The highest BCUT2D eigenvalue weighted by molar-refractivity contribution is 6.23. The number of benzene rings is 2. The minimum absolute atomic E-state index is 0.114. The van der Waals surface area contributed by atoms with Gasteiger partial charge in [0, 0.05) is 11.1 Å². The topological polar surface area (TPSA) is 113 Å². The molecule has 3 N–H and O–H groups in total. The fraction of sp³-hybridized carbons (Fsp3) is 0.0588. The third-order valence-electron chi connectivity index (χ3n) is 4.52. The summed E-state index contributed by atoms with van der Waals surface area (Å²) in [4.78, 5) is 13.0. The maximum absolute atomic E-state index is 13.0. The van der Waals surface area contributed by atoms with Crippen LogP contribution in [0.2, 0.25) is 0 Å². The first-order chi connectivity index (χ1) is 12.1. The zero-order valence-electron chi connectivity index (χ0n) is 12.7. The van der Waals surface area contributed by atoms with Gasteiger partial charge in [-0.1, -0.05) is 35.4 Å². The van der Waals surface area contributed by atoms with E-state index in [4.69, 9.17) is 0 Å². The third-order valence-corrected chi connectivity index (χ3v) is 4.52. The van der Waals surface area contributed by atoms with E-state index in [1.54, 1.807) is 12.1 Å². The van der Waals surface area contributed by atoms with Crippen LogP contribution in [0.25, 0.3) is 5.70 Å². The number of carbonyl (C=O) groups excluding carboxylic acids is 1. The minimum atomic E-state index is -0.604. The van der Waals surface area contributed by atoms with Crippen molar-refractivity contribution >= 4 is 17.4 Å². The second-order valence-electron chi connectivity index (χ2n) is 5.89. The number of hydrogen-bond acceptors (Lipinski definition) is 7. The van der Waals surface area contributed by atoms with Gasteiger partial charge in [0.25, 0.3) is 0 Å². The summed E-state index contributed by atoms with van der Waals surface area (Å²) in [7, 11) is 0. The molecule has 3 aromatic rings. The van der Waals surface area contributed by atoms with Crippen LogP contribution in [-0.2, 0) is 0 Å². The van der Waals surface area contributed by atoms with Gasteiger partial charge in [-0.2, -0.15) is 4.68 Å². The highest BCUT2D eigenvalue weighted by Gasteiger charge is 2.41. The Morgan fingerprint density at radius 1 is 1.04 bits per heavy atom. The van der Waals surface area contributed by atoms with Crippen molar-refractivity contribution in [2.45, 2.75) is 6.04 Å². The molecule has 5 rings (SSSR count). The van der Waals surface area contributed by atoms with Crippen molar-refractivity contribution in [3.05, 3.63) is 64.7 Å². The third kappa shape index (κ3) is 1.76. The van der Waals surface area contributed by atoms with E-state index >= 15 is 0 Å². The van der Waals surface area contributed by atoms with Crippen molar-refractivity contribution in [2.75, 3.05) is 5.32 Å². The highest BCUT2D eigenvalue weighted by Crippen LogP contribution is 2.45. The lowest BCUT2D eigenvalue weighted by atomic mass is 9.94.